The number of hydrogen-bond acceptors (Lipinski definition) is 4. The van der Waals surface area contributed by atoms with Crippen LogP contribution in [0.3, 0.4) is 0 Å². The molecule has 0 spiro atoms. The lowest BCUT2D eigenvalue weighted by atomic mass is 9.95. The van der Waals surface area contributed by atoms with Crippen LogP contribution in [0.25, 0.3) is 10.2 Å². The number of carboxylic acid groups (broad SMARTS) is 1. The molecular formula is C25H31N3O4S. The molecule has 2 aromatic heterocycles. The molecule has 0 saturated heterocycles. The Morgan fingerprint density at radius 3 is 2.61 bits per heavy atom. The summed E-state index contributed by atoms with van der Waals surface area (Å²) in [5, 5.41) is 12.1. The summed E-state index contributed by atoms with van der Waals surface area (Å²) in [7, 11) is 0. The maximum atomic E-state index is 13.3. The molecule has 3 aromatic rings. The quantitative estimate of drug-likeness (QED) is 0.506. The van der Waals surface area contributed by atoms with Crippen LogP contribution in [0.5, 0.6) is 0 Å². The van der Waals surface area contributed by atoms with E-state index in [0.717, 1.165) is 34.3 Å². The third kappa shape index (κ3) is 6.01. The van der Waals surface area contributed by atoms with Crippen LogP contribution >= 0.6 is 11.3 Å². The van der Waals surface area contributed by atoms with Crippen molar-refractivity contribution in [3.05, 3.63) is 53.0 Å². The molecule has 7 nitrogen and oxygen atoms in total. The van der Waals surface area contributed by atoms with Crippen molar-refractivity contribution in [2.45, 2.75) is 58.5 Å². The minimum Gasteiger partial charge on any atom is -0.483 e. The van der Waals surface area contributed by atoms with Gasteiger partial charge in [-0.05, 0) is 61.9 Å². The van der Waals surface area contributed by atoms with E-state index in [2.05, 4.69) is 5.32 Å². The third-order valence-electron chi connectivity index (χ3n) is 5.92. The van der Waals surface area contributed by atoms with Crippen molar-refractivity contribution >= 4 is 45.5 Å². The molecule has 1 aromatic carbocycles. The lowest BCUT2D eigenvalue weighted by Crippen LogP contribution is -2.38. The highest BCUT2D eigenvalue weighted by Crippen LogP contribution is 2.27. The molecule has 1 fully saturated rings. The summed E-state index contributed by atoms with van der Waals surface area (Å²) in [6.45, 7) is 4.48. The van der Waals surface area contributed by atoms with Crippen molar-refractivity contribution in [2.75, 3.05) is 11.4 Å². The fourth-order valence-corrected chi connectivity index (χ4v) is 5.18. The van der Waals surface area contributed by atoms with Crippen LogP contribution in [-0.2, 0) is 16.1 Å². The number of nitrogens with zero attached hydrogens (tertiary/aromatic N) is 2. The molecule has 33 heavy (non-hydrogen) atoms. The van der Waals surface area contributed by atoms with Crippen LogP contribution in [0.2, 0.25) is 0 Å². The van der Waals surface area contributed by atoms with Gasteiger partial charge in [-0.25, -0.2) is 0 Å². The van der Waals surface area contributed by atoms with Crippen molar-refractivity contribution in [1.82, 2.24) is 9.88 Å². The average molecular weight is 470 g/mol. The summed E-state index contributed by atoms with van der Waals surface area (Å²) < 4.78 is 2.92. The minimum absolute atomic E-state index is 0.0153. The molecule has 0 radical (unpaired) electrons. The molecule has 2 N–H and O–H groups in total. The molecule has 0 atom stereocenters. The Labute approximate surface area is 198 Å². The highest BCUT2D eigenvalue weighted by atomic mass is 32.1. The molecule has 2 heterocycles. The van der Waals surface area contributed by atoms with Crippen molar-refractivity contribution < 1.29 is 19.5 Å². The predicted octanol–water partition coefficient (Wildman–Crippen LogP) is 4.83. The van der Waals surface area contributed by atoms with Crippen LogP contribution in [0.4, 0.5) is 5.69 Å². The van der Waals surface area contributed by atoms with Gasteiger partial charge < -0.3 is 19.9 Å². The Morgan fingerprint density at radius 2 is 1.94 bits per heavy atom. The van der Waals surface area contributed by atoms with Gasteiger partial charge in [-0.15, -0.1) is 11.3 Å². The highest BCUT2D eigenvalue weighted by molar-refractivity contribution is 7.17. The molecule has 0 bridgehead atoms. The Morgan fingerprint density at radius 1 is 1.21 bits per heavy atom. The number of carbonyl (C=O) groups excluding carboxylic acids is 2. The first kappa shape index (κ1) is 24.5. The van der Waals surface area contributed by atoms with E-state index in [1.54, 1.807) is 16.2 Å². The number of benzene rings is 1. The third-order valence-corrected chi connectivity index (χ3v) is 6.77. The van der Waals surface area contributed by atoms with Gasteiger partial charge in [0.2, 0.25) is 5.91 Å². The van der Waals surface area contributed by atoms with Gasteiger partial charge in [-0.1, -0.05) is 31.4 Å². The summed E-state index contributed by atoms with van der Waals surface area (Å²) >= 11 is 1.60. The van der Waals surface area contributed by atoms with Crippen LogP contribution in [0, 0.1) is 6.92 Å². The number of hydrogen-bond donors (Lipinski definition) is 2. The largest absolute Gasteiger partial charge is 0.483 e. The second-order valence-corrected chi connectivity index (χ2v) is 9.12. The van der Waals surface area contributed by atoms with E-state index in [1.165, 1.54) is 19.3 Å². The molecule has 1 aliphatic rings. The normalized spacial score (nSPS) is 13.8. The first-order valence-electron chi connectivity index (χ1n) is 11.3. The number of fused-ring (bicyclic) bond motifs is 1. The topological polar surface area (TPSA) is 91.6 Å². The lowest BCUT2D eigenvalue weighted by Gasteiger charge is -2.24. The van der Waals surface area contributed by atoms with Crippen molar-refractivity contribution in [2.24, 2.45) is 0 Å². The number of nitrogens with one attached hydrogen (secondary N) is 1. The standard InChI is InChI=1S/C24H29N3O2S.CH2O2/c1-3-26(19-11-7-8-17(2)14-19)23(28)16-27-20-12-13-30-22(20)15-21(27)24(29)25-18-9-5-4-6-10-18;2-1-3/h7-8,11-15,18H,3-6,9-10,16H2,1-2H3,(H,25,29);1H,(H,2,3). The Hall–Kier alpha value is -3.13. The maximum absolute atomic E-state index is 13.3. The van der Waals surface area contributed by atoms with Gasteiger partial charge in [0.25, 0.3) is 12.4 Å². The molecule has 1 aliphatic carbocycles. The molecule has 0 unspecified atom stereocenters. The number of aryl methyl sites for hydroxylation is 1. The van der Waals surface area contributed by atoms with E-state index in [0.29, 0.717) is 12.2 Å². The van der Waals surface area contributed by atoms with Crippen LogP contribution < -0.4 is 10.2 Å². The molecular weight excluding hydrogens is 438 g/mol. The Balaban J connectivity index is 0.000000968. The summed E-state index contributed by atoms with van der Waals surface area (Å²) in [6.07, 6.45) is 5.66. The lowest BCUT2D eigenvalue weighted by molar-refractivity contribution is -0.123. The van der Waals surface area contributed by atoms with Crippen molar-refractivity contribution in [3.8, 4) is 0 Å². The van der Waals surface area contributed by atoms with Gasteiger partial charge in [0.1, 0.15) is 12.2 Å². The molecule has 8 heteroatoms. The zero-order chi connectivity index (χ0) is 23.8. The van der Waals surface area contributed by atoms with Gasteiger partial charge in [-0.3, -0.25) is 14.4 Å². The average Bonchev–Trinajstić information content (AvgIpc) is 3.38. The van der Waals surface area contributed by atoms with E-state index in [4.69, 9.17) is 9.90 Å². The smallest absolute Gasteiger partial charge is 0.290 e. The molecule has 4 rings (SSSR count). The first-order chi connectivity index (χ1) is 16.0. The Kier molecular flexibility index (Phi) is 8.65. The summed E-state index contributed by atoms with van der Waals surface area (Å²) in [5.74, 6) is -0.0878. The fraction of sp³-hybridized carbons (Fsp3) is 0.400. The second-order valence-electron chi connectivity index (χ2n) is 8.18. The molecule has 1 saturated carbocycles. The zero-order valence-electron chi connectivity index (χ0n) is 19.1. The number of amides is 2. The first-order valence-corrected chi connectivity index (χ1v) is 12.2. The van der Waals surface area contributed by atoms with E-state index in [9.17, 15) is 9.59 Å². The summed E-state index contributed by atoms with van der Waals surface area (Å²) in [4.78, 5) is 36.5. The van der Waals surface area contributed by atoms with Gasteiger partial charge in [0.05, 0.1) is 10.2 Å². The molecule has 0 aliphatic heterocycles. The fourth-order valence-electron chi connectivity index (χ4n) is 4.36. The number of likely N-dealkylation sites (N-methyl/N-ethyl adjacent to an activating group) is 1. The van der Waals surface area contributed by atoms with Crippen LogP contribution in [0.15, 0.2) is 41.8 Å². The monoisotopic (exact) mass is 469 g/mol. The van der Waals surface area contributed by atoms with Crippen molar-refractivity contribution in [3.63, 3.8) is 0 Å². The second kappa shape index (κ2) is 11.7. The Bertz CT molecular complexity index is 1100. The zero-order valence-corrected chi connectivity index (χ0v) is 19.9. The van der Waals surface area contributed by atoms with Crippen LogP contribution in [0.1, 0.15) is 55.1 Å². The number of carbonyl (C=O) groups is 3. The highest BCUT2D eigenvalue weighted by Gasteiger charge is 2.23. The maximum Gasteiger partial charge on any atom is 0.290 e. The van der Waals surface area contributed by atoms with Gasteiger partial charge in [-0.2, -0.15) is 0 Å². The van der Waals surface area contributed by atoms with E-state index in [1.807, 2.05) is 60.2 Å². The molecule has 2 amide bonds. The SMILES string of the molecule is CCN(C(=O)Cn1c(C(=O)NC2CCCCC2)cc2sccc21)c1cccc(C)c1.O=CO. The van der Waals surface area contributed by atoms with Gasteiger partial charge in [0.15, 0.2) is 0 Å². The number of aromatic nitrogens is 1. The van der Waals surface area contributed by atoms with Crippen LogP contribution in [-0.4, -0.2) is 40.5 Å². The van der Waals surface area contributed by atoms with E-state index >= 15 is 0 Å². The summed E-state index contributed by atoms with van der Waals surface area (Å²) in [5.41, 5.74) is 3.54. The minimum atomic E-state index is -0.250. The van der Waals surface area contributed by atoms with Gasteiger partial charge >= 0.3 is 0 Å². The predicted molar refractivity (Wildman–Crippen MR) is 132 cm³/mol. The number of anilines is 1. The van der Waals surface area contributed by atoms with Gasteiger partial charge in [0, 0.05) is 18.3 Å². The van der Waals surface area contributed by atoms with Crippen molar-refractivity contribution in [1.29, 1.82) is 0 Å². The summed E-state index contributed by atoms with van der Waals surface area (Å²) in [6, 6.07) is 12.1. The number of rotatable bonds is 6. The van der Waals surface area contributed by atoms with E-state index < -0.39 is 0 Å². The van der Waals surface area contributed by atoms with E-state index in [-0.39, 0.29) is 30.9 Å². The number of thiophene rings is 1. The molecule has 176 valence electrons.